The van der Waals surface area contributed by atoms with Gasteiger partial charge in [-0.1, -0.05) is 19.3 Å². The summed E-state index contributed by atoms with van der Waals surface area (Å²) in [5, 5.41) is 13.8. The van der Waals surface area contributed by atoms with Crippen LogP contribution in [-0.2, 0) is 9.59 Å². The highest BCUT2D eigenvalue weighted by molar-refractivity contribution is 5.84. The van der Waals surface area contributed by atoms with E-state index in [1.54, 1.807) is 0 Å². The average molecular weight is 212 g/mol. The minimum atomic E-state index is -1.01. The molecule has 0 spiro atoms. The van der Waals surface area contributed by atoms with Gasteiger partial charge < -0.3 is 10.4 Å². The number of terminal acetylenes is 1. The second kappa shape index (κ2) is 7.83. The van der Waals surface area contributed by atoms with Crippen molar-refractivity contribution in [1.82, 2.24) is 10.6 Å². The third kappa shape index (κ3) is 6.52. The zero-order valence-corrected chi connectivity index (χ0v) is 8.75. The van der Waals surface area contributed by atoms with Crippen molar-refractivity contribution in [3.63, 3.8) is 0 Å². The minimum Gasteiger partial charge on any atom is -0.480 e. The molecule has 3 N–H and O–H groups in total. The molecule has 84 valence electrons. The van der Waals surface area contributed by atoms with Crippen LogP contribution in [0.15, 0.2) is 0 Å². The highest BCUT2D eigenvalue weighted by atomic mass is 16.4. The van der Waals surface area contributed by atoms with E-state index in [-0.39, 0.29) is 12.5 Å². The average Bonchev–Trinajstić information content (AvgIpc) is 2.17. The molecule has 5 heteroatoms. The van der Waals surface area contributed by atoms with Crippen LogP contribution in [0.2, 0.25) is 0 Å². The number of hydrogen-bond acceptors (Lipinski definition) is 3. The van der Waals surface area contributed by atoms with Crippen molar-refractivity contribution in [2.24, 2.45) is 0 Å². The number of carbonyl (C=O) groups is 2. The molecule has 5 nitrogen and oxygen atoms in total. The standard InChI is InChI=1S/C10H16N2O3/c1-3-5-8(10(14)15)12-9(13)7-11-6-4-2/h2,8,11H,3,5-7H2,1H3,(H,12,13)(H,14,15)/t8-/m1/s1. The highest BCUT2D eigenvalue weighted by Gasteiger charge is 2.17. The van der Waals surface area contributed by atoms with Crippen molar-refractivity contribution in [2.45, 2.75) is 25.8 Å². The van der Waals surface area contributed by atoms with E-state index in [2.05, 4.69) is 16.6 Å². The monoisotopic (exact) mass is 212 g/mol. The molecule has 0 aliphatic carbocycles. The fourth-order valence-electron chi connectivity index (χ4n) is 1.04. The van der Waals surface area contributed by atoms with Gasteiger partial charge in [-0.15, -0.1) is 6.42 Å². The molecule has 0 rings (SSSR count). The van der Waals surface area contributed by atoms with Gasteiger partial charge in [-0.05, 0) is 6.42 Å². The Bertz CT molecular complexity index is 258. The summed E-state index contributed by atoms with van der Waals surface area (Å²) in [5.74, 6) is 0.950. The molecule has 0 aliphatic heterocycles. The largest absolute Gasteiger partial charge is 0.480 e. The molecular formula is C10H16N2O3. The summed E-state index contributed by atoms with van der Waals surface area (Å²) in [6.07, 6.45) is 6.10. The SMILES string of the molecule is C#CCNCC(=O)N[C@H](CCC)C(=O)O. The van der Waals surface area contributed by atoms with Crippen LogP contribution in [0, 0.1) is 12.3 Å². The number of hydrogen-bond donors (Lipinski definition) is 3. The predicted molar refractivity (Wildman–Crippen MR) is 56.2 cm³/mol. The van der Waals surface area contributed by atoms with E-state index in [1.165, 1.54) is 0 Å². The van der Waals surface area contributed by atoms with E-state index < -0.39 is 12.0 Å². The number of carbonyl (C=O) groups excluding carboxylic acids is 1. The van der Waals surface area contributed by atoms with Gasteiger partial charge in [0.1, 0.15) is 6.04 Å². The summed E-state index contributed by atoms with van der Waals surface area (Å²) >= 11 is 0. The Kier molecular flexibility index (Phi) is 7.02. The summed E-state index contributed by atoms with van der Waals surface area (Å²) in [6, 6.07) is -0.810. The van der Waals surface area contributed by atoms with E-state index in [0.29, 0.717) is 19.4 Å². The fourth-order valence-corrected chi connectivity index (χ4v) is 1.04. The van der Waals surface area contributed by atoms with Gasteiger partial charge in [-0.3, -0.25) is 10.1 Å². The second-order valence-corrected chi connectivity index (χ2v) is 3.05. The van der Waals surface area contributed by atoms with Gasteiger partial charge in [0.25, 0.3) is 0 Å². The van der Waals surface area contributed by atoms with Crippen molar-refractivity contribution in [3.8, 4) is 12.3 Å². The molecule has 0 aromatic rings. The lowest BCUT2D eigenvalue weighted by atomic mass is 10.1. The quantitative estimate of drug-likeness (QED) is 0.395. The highest BCUT2D eigenvalue weighted by Crippen LogP contribution is 1.96. The number of nitrogens with one attached hydrogen (secondary N) is 2. The summed E-state index contributed by atoms with van der Waals surface area (Å²) in [6.45, 7) is 2.19. The number of rotatable bonds is 7. The van der Waals surface area contributed by atoms with Gasteiger partial charge >= 0.3 is 5.97 Å². The Balaban J connectivity index is 3.90. The smallest absolute Gasteiger partial charge is 0.326 e. The number of amides is 1. The first-order valence-corrected chi connectivity index (χ1v) is 4.78. The van der Waals surface area contributed by atoms with Crippen LogP contribution in [0.5, 0.6) is 0 Å². The molecule has 0 radical (unpaired) electrons. The maximum absolute atomic E-state index is 11.2. The molecule has 0 bridgehead atoms. The van der Waals surface area contributed by atoms with Crippen molar-refractivity contribution in [1.29, 1.82) is 0 Å². The summed E-state index contributed by atoms with van der Waals surface area (Å²) in [4.78, 5) is 21.9. The molecule has 0 aliphatic rings. The predicted octanol–water partition coefficient (Wildman–Crippen LogP) is -0.421. The summed E-state index contributed by atoms with van der Waals surface area (Å²) < 4.78 is 0. The lowest BCUT2D eigenvalue weighted by Crippen LogP contribution is -2.44. The second-order valence-electron chi connectivity index (χ2n) is 3.05. The topological polar surface area (TPSA) is 78.4 Å². The van der Waals surface area contributed by atoms with Crippen molar-refractivity contribution < 1.29 is 14.7 Å². The first kappa shape index (κ1) is 13.5. The Morgan fingerprint density at radius 2 is 2.20 bits per heavy atom. The van der Waals surface area contributed by atoms with Crippen LogP contribution in [-0.4, -0.2) is 36.1 Å². The van der Waals surface area contributed by atoms with Crippen LogP contribution in [0.25, 0.3) is 0 Å². The Hall–Kier alpha value is -1.54. The van der Waals surface area contributed by atoms with Crippen LogP contribution in [0.1, 0.15) is 19.8 Å². The minimum absolute atomic E-state index is 0.0394. The van der Waals surface area contributed by atoms with Crippen LogP contribution >= 0.6 is 0 Å². The Labute approximate surface area is 89.2 Å². The number of aliphatic carboxylic acids is 1. The van der Waals surface area contributed by atoms with Gasteiger partial charge in [0.05, 0.1) is 13.1 Å². The number of carboxylic acids is 1. The first-order valence-electron chi connectivity index (χ1n) is 4.78. The summed E-state index contributed by atoms with van der Waals surface area (Å²) in [7, 11) is 0. The lowest BCUT2D eigenvalue weighted by Gasteiger charge is -2.13. The third-order valence-electron chi connectivity index (χ3n) is 1.72. The van der Waals surface area contributed by atoms with Gasteiger partial charge in [0.15, 0.2) is 0 Å². The zero-order chi connectivity index (χ0) is 11.7. The van der Waals surface area contributed by atoms with Crippen LogP contribution < -0.4 is 10.6 Å². The van der Waals surface area contributed by atoms with Crippen molar-refractivity contribution >= 4 is 11.9 Å². The molecule has 0 saturated carbocycles. The molecule has 15 heavy (non-hydrogen) atoms. The van der Waals surface area contributed by atoms with Crippen LogP contribution in [0.3, 0.4) is 0 Å². The molecule has 0 fully saturated rings. The molecule has 0 aromatic carbocycles. The molecule has 1 atom stereocenters. The zero-order valence-electron chi connectivity index (χ0n) is 8.75. The van der Waals surface area contributed by atoms with E-state index in [1.807, 2.05) is 6.92 Å². The normalized spacial score (nSPS) is 11.5. The van der Waals surface area contributed by atoms with Crippen molar-refractivity contribution in [3.05, 3.63) is 0 Å². The molecule has 0 saturated heterocycles. The fraction of sp³-hybridized carbons (Fsp3) is 0.600. The van der Waals surface area contributed by atoms with Gasteiger partial charge in [0, 0.05) is 0 Å². The van der Waals surface area contributed by atoms with Gasteiger partial charge in [0.2, 0.25) is 5.91 Å². The van der Waals surface area contributed by atoms with Gasteiger partial charge in [-0.2, -0.15) is 0 Å². The molecular weight excluding hydrogens is 196 g/mol. The molecule has 1 amide bonds. The Morgan fingerprint density at radius 3 is 2.67 bits per heavy atom. The summed E-state index contributed by atoms with van der Waals surface area (Å²) in [5.41, 5.74) is 0. The van der Waals surface area contributed by atoms with Crippen molar-refractivity contribution in [2.75, 3.05) is 13.1 Å². The first-order chi connectivity index (χ1) is 7.11. The molecule has 0 unspecified atom stereocenters. The number of carboxylic acid groups (broad SMARTS) is 1. The maximum atomic E-state index is 11.2. The maximum Gasteiger partial charge on any atom is 0.326 e. The van der Waals surface area contributed by atoms with Crippen LogP contribution in [0.4, 0.5) is 0 Å². The van der Waals surface area contributed by atoms with Gasteiger partial charge in [-0.25, -0.2) is 4.79 Å². The lowest BCUT2D eigenvalue weighted by molar-refractivity contribution is -0.141. The molecule has 0 aromatic heterocycles. The van der Waals surface area contributed by atoms with E-state index in [0.717, 1.165) is 0 Å². The third-order valence-corrected chi connectivity index (χ3v) is 1.72. The Morgan fingerprint density at radius 1 is 1.53 bits per heavy atom. The van der Waals surface area contributed by atoms with E-state index in [9.17, 15) is 9.59 Å². The van der Waals surface area contributed by atoms with E-state index in [4.69, 9.17) is 11.5 Å². The van der Waals surface area contributed by atoms with E-state index >= 15 is 0 Å². The molecule has 0 heterocycles.